The molecule has 24 heavy (non-hydrogen) atoms. The fourth-order valence-electron chi connectivity index (χ4n) is 4.62. The third kappa shape index (κ3) is 3.02. The molecule has 2 heterocycles. The molecule has 2 aliphatic carbocycles. The second-order valence-electron chi connectivity index (χ2n) is 7.40. The minimum Gasteiger partial charge on any atom is -0.353 e. The van der Waals surface area contributed by atoms with Gasteiger partial charge in [-0.15, -0.1) is 11.3 Å². The SMILES string of the molecule is O=C(N[C@@H]1C[C@H]2CC[C@@H]1C2)C1CCN(S(=O)(=O)c2cccs2)CC1. The van der Waals surface area contributed by atoms with E-state index in [9.17, 15) is 13.2 Å². The first-order chi connectivity index (χ1) is 11.5. The van der Waals surface area contributed by atoms with Gasteiger partial charge in [-0.3, -0.25) is 4.79 Å². The molecule has 0 radical (unpaired) electrons. The lowest BCUT2D eigenvalue weighted by Crippen LogP contribution is -2.46. The fraction of sp³-hybridized carbons (Fsp3) is 0.706. The van der Waals surface area contributed by atoms with Gasteiger partial charge in [-0.2, -0.15) is 4.31 Å². The number of fused-ring (bicyclic) bond motifs is 2. The number of amides is 1. The zero-order valence-corrected chi connectivity index (χ0v) is 15.3. The molecule has 2 bridgehead atoms. The summed E-state index contributed by atoms with van der Waals surface area (Å²) in [5.74, 6) is 1.59. The van der Waals surface area contributed by atoms with Crippen LogP contribution in [0, 0.1) is 17.8 Å². The van der Waals surface area contributed by atoms with Crippen molar-refractivity contribution in [3.05, 3.63) is 17.5 Å². The Morgan fingerprint density at radius 2 is 1.96 bits per heavy atom. The molecule has 1 aromatic rings. The van der Waals surface area contributed by atoms with Crippen molar-refractivity contribution in [3.8, 4) is 0 Å². The number of piperidine rings is 1. The fourth-order valence-corrected chi connectivity index (χ4v) is 7.23. The molecule has 2 saturated carbocycles. The van der Waals surface area contributed by atoms with Crippen molar-refractivity contribution in [1.82, 2.24) is 9.62 Å². The van der Waals surface area contributed by atoms with Crippen molar-refractivity contribution in [2.24, 2.45) is 17.8 Å². The third-order valence-electron chi connectivity index (χ3n) is 5.98. The van der Waals surface area contributed by atoms with Crippen molar-refractivity contribution >= 4 is 27.3 Å². The molecular formula is C17H24N2O3S2. The lowest BCUT2D eigenvalue weighted by Gasteiger charge is -2.32. The van der Waals surface area contributed by atoms with E-state index < -0.39 is 10.0 Å². The van der Waals surface area contributed by atoms with Gasteiger partial charge < -0.3 is 5.32 Å². The molecule has 3 fully saturated rings. The second kappa shape index (κ2) is 6.42. The normalized spacial score (nSPS) is 31.4. The standard InChI is InChI=1S/C17H24N2O3S2/c20-17(18-15-11-12-3-4-14(15)10-12)13-5-7-19(8-6-13)24(21,22)16-2-1-9-23-16/h1-2,9,12-15H,3-8,10-11H2,(H,18,20)/t12-,14+,15+/m0/s1. The van der Waals surface area contributed by atoms with Gasteiger partial charge in [-0.1, -0.05) is 12.5 Å². The number of hydrogen-bond donors (Lipinski definition) is 1. The lowest BCUT2D eigenvalue weighted by molar-refractivity contribution is -0.127. The van der Waals surface area contributed by atoms with E-state index in [1.54, 1.807) is 17.5 Å². The van der Waals surface area contributed by atoms with Gasteiger partial charge in [0.25, 0.3) is 10.0 Å². The number of nitrogens with zero attached hydrogens (tertiary/aromatic N) is 1. The largest absolute Gasteiger partial charge is 0.353 e. The third-order valence-corrected chi connectivity index (χ3v) is 9.25. The Kier molecular flexibility index (Phi) is 4.43. The molecular weight excluding hydrogens is 344 g/mol. The van der Waals surface area contributed by atoms with Crippen LogP contribution in [0.5, 0.6) is 0 Å². The van der Waals surface area contributed by atoms with Gasteiger partial charge in [-0.05, 0) is 55.4 Å². The van der Waals surface area contributed by atoms with Crippen molar-refractivity contribution in [3.63, 3.8) is 0 Å². The number of hydrogen-bond acceptors (Lipinski definition) is 4. The number of thiophene rings is 1. The Labute approximate surface area is 147 Å². The van der Waals surface area contributed by atoms with E-state index in [1.807, 2.05) is 0 Å². The van der Waals surface area contributed by atoms with Crippen molar-refractivity contribution in [1.29, 1.82) is 0 Å². The summed E-state index contributed by atoms with van der Waals surface area (Å²) in [5.41, 5.74) is 0. The molecule has 1 amide bonds. The Balaban J connectivity index is 1.32. The predicted molar refractivity (Wildman–Crippen MR) is 93.2 cm³/mol. The summed E-state index contributed by atoms with van der Waals surface area (Å²) in [5, 5.41) is 5.04. The van der Waals surface area contributed by atoms with Gasteiger partial charge in [0.15, 0.2) is 0 Å². The summed E-state index contributed by atoms with van der Waals surface area (Å²) in [6.45, 7) is 0.879. The zero-order valence-electron chi connectivity index (χ0n) is 13.7. The molecule has 3 aliphatic rings. The van der Waals surface area contributed by atoms with Gasteiger partial charge in [0, 0.05) is 25.0 Å². The minimum absolute atomic E-state index is 0.0427. The Hall–Kier alpha value is -0.920. The van der Waals surface area contributed by atoms with Crippen LogP contribution in [0.2, 0.25) is 0 Å². The molecule has 3 atom stereocenters. The molecule has 0 aromatic carbocycles. The summed E-state index contributed by atoms with van der Waals surface area (Å²) in [7, 11) is -3.38. The average molecular weight is 369 g/mol. The van der Waals surface area contributed by atoms with Gasteiger partial charge >= 0.3 is 0 Å². The number of rotatable bonds is 4. The number of carbonyl (C=O) groups excluding carboxylic acids is 1. The number of carbonyl (C=O) groups is 1. The highest BCUT2D eigenvalue weighted by atomic mass is 32.2. The molecule has 1 N–H and O–H groups in total. The highest BCUT2D eigenvalue weighted by Crippen LogP contribution is 2.44. The van der Waals surface area contributed by atoms with Crippen LogP contribution in [0.25, 0.3) is 0 Å². The lowest BCUT2D eigenvalue weighted by atomic mass is 9.93. The first-order valence-electron chi connectivity index (χ1n) is 8.88. The van der Waals surface area contributed by atoms with Crippen LogP contribution in [0.3, 0.4) is 0 Å². The summed E-state index contributed by atoms with van der Waals surface area (Å²) in [6.07, 6.45) is 6.25. The maximum atomic E-state index is 12.5. The summed E-state index contributed by atoms with van der Waals surface area (Å²) < 4.78 is 27.0. The number of sulfonamides is 1. The van der Waals surface area contributed by atoms with E-state index >= 15 is 0 Å². The van der Waals surface area contributed by atoms with Crippen LogP contribution in [0.1, 0.15) is 38.5 Å². The molecule has 5 nitrogen and oxygen atoms in total. The smallest absolute Gasteiger partial charge is 0.252 e. The van der Waals surface area contributed by atoms with Crippen LogP contribution < -0.4 is 5.32 Å². The molecule has 1 saturated heterocycles. The molecule has 7 heteroatoms. The van der Waals surface area contributed by atoms with Gasteiger partial charge in [0.1, 0.15) is 4.21 Å². The Bertz CT molecular complexity index is 693. The van der Waals surface area contributed by atoms with Crippen molar-refractivity contribution in [2.45, 2.75) is 48.8 Å². The molecule has 1 aromatic heterocycles. The van der Waals surface area contributed by atoms with E-state index in [1.165, 1.54) is 34.9 Å². The van der Waals surface area contributed by atoms with Crippen LogP contribution >= 0.6 is 11.3 Å². The van der Waals surface area contributed by atoms with E-state index in [0.29, 0.717) is 42.1 Å². The molecule has 1 aliphatic heterocycles. The molecule has 0 unspecified atom stereocenters. The first kappa shape index (κ1) is 16.5. The van der Waals surface area contributed by atoms with Crippen LogP contribution in [-0.2, 0) is 14.8 Å². The summed E-state index contributed by atoms with van der Waals surface area (Å²) in [4.78, 5) is 12.5. The van der Waals surface area contributed by atoms with E-state index in [4.69, 9.17) is 0 Å². The van der Waals surface area contributed by atoms with E-state index in [-0.39, 0.29) is 11.8 Å². The van der Waals surface area contributed by atoms with Gasteiger partial charge in [0.2, 0.25) is 5.91 Å². The van der Waals surface area contributed by atoms with Crippen molar-refractivity contribution in [2.75, 3.05) is 13.1 Å². The van der Waals surface area contributed by atoms with E-state index in [0.717, 1.165) is 12.3 Å². The summed E-state index contributed by atoms with van der Waals surface area (Å²) in [6, 6.07) is 3.77. The van der Waals surface area contributed by atoms with Crippen LogP contribution in [-0.4, -0.2) is 37.8 Å². The number of nitrogens with one attached hydrogen (secondary N) is 1. The summed E-state index contributed by atoms with van der Waals surface area (Å²) >= 11 is 1.25. The van der Waals surface area contributed by atoms with Gasteiger partial charge in [-0.25, -0.2) is 8.42 Å². The van der Waals surface area contributed by atoms with Crippen LogP contribution in [0.15, 0.2) is 21.7 Å². The zero-order chi connectivity index (χ0) is 16.7. The quantitative estimate of drug-likeness (QED) is 0.888. The first-order valence-corrected chi connectivity index (χ1v) is 11.2. The van der Waals surface area contributed by atoms with Crippen molar-refractivity contribution < 1.29 is 13.2 Å². The van der Waals surface area contributed by atoms with Gasteiger partial charge in [0.05, 0.1) is 0 Å². The average Bonchev–Trinajstić information content (AvgIpc) is 3.32. The Morgan fingerprint density at radius 3 is 2.54 bits per heavy atom. The second-order valence-corrected chi connectivity index (χ2v) is 10.5. The monoisotopic (exact) mass is 368 g/mol. The maximum Gasteiger partial charge on any atom is 0.252 e. The topological polar surface area (TPSA) is 66.5 Å². The molecule has 132 valence electrons. The van der Waals surface area contributed by atoms with E-state index in [2.05, 4.69) is 5.32 Å². The highest BCUT2D eigenvalue weighted by molar-refractivity contribution is 7.91. The molecule has 4 rings (SSSR count). The molecule has 0 spiro atoms. The van der Waals surface area contributed by atoms with Crippen LogP contribution in [0.4, 0.5) is 0 Å². The highest BCUT2D eigenvalue weighted by Gasteiger charge is 2.41. The Morgan fingerprint density at radius 1 is 1.17 bits per heavy atom. The minimum atomic E-state index is -3.38. The maximum absolute atomic E-state index is 12.5. The predicted octanol–water partition coefficient (Wildman–Crippen LogP) is 2.45.